The maximum atomic E-state index is 12.9. The molecule has 2 unspecified atom stereocenters. The van der Waals surface area contributed by atoms with Crippen LogP contribution in [0, 0.1) is 0 Å². The van der Waals surface area contributed by atoms with E-state index in [9.17, 15) is 9.59 Å². The molecule has 2 fully saturated rings. The normalized spacial score (nSPS) is 26.1. The van der Waals surface area contributed by atoms with Crippen LogP contribution in [-0.4, -0.2) is 64.3 Å². The van der Waals surface area contributed by atoms with Crippen LogP contribution in [0.3, 0.4) is 0 Å². The fraction of sp³-hybridized carbons (Fsp3) is 0.867. The van der Waals surface area contributed by atoms with Gasteiger partial charge in [0.2, 0.25) is 0 Å². The van der Waals surface area contributed by atoms with Gasteiger partial charge in [-0.3, -0.25) is 4.79 Å². The SMILES string of the molecule is CC(C)(C)N(CC(=O)O)C(=O)N1CCOC2CCCCC21. The molecule has 1 aliphatic carbocycles. The highest BCUT2D eigenvalue weighted by Gasteiger charge is 2.40. The number of hydrogen-bond donors (Lipinski definition) is 1. The molecule has 21 heavy (non-hydrogen) atoms. The van der Waals surface area contributed by atoms with Crippen molar-refractivity contribution in [2.75, 3.05) is 19.7 Å². The summed E-state index contributed by atoms with van der Waals surface area (Å²) in [6.07, 6.45) is 4.29. The smallest absolute Gasteiger partial charge is 0.323 e. The summed E-state index contributed by atoms with van der Waals surface area (Å²) in [5.41, 5.74) is -0.516. The first-order valence-corrected chi connectivity index (χ1v) is 7.72. The van der Waals surface area contributed by atoms with Crippen LogP contribution in [0.5, 0.6) is 0 Å². The number of amides is 2. The zero-order valence-corrected chi connectivity index (χ0v) is 13.2. The van der Waals surface area contributed by atoms with E-state index in [-0.39, 0.29) is 24.7 Å². The average molecular weight is 298 g/mol. The Morgan fingerprint density at radius 1 is 1.29 bits per heavy atom. The lowest BCUT2D eigenvalue weighted by molar-refractivity contribution is -0.139. The first-order chi connectivity index (χ1) is 9.80. The summed E-state index contributed by atoms with van der Waals surface area (Å²) in [6, 6.07) is -0.0799. The van der Waals surface area contributed by atoms with Gasteiger partial charge in [0.25, 0.3) is 0 Å². The fourth-order valence-electron chi connectivity index (χ4n) is 3.22. The van der Waals surface area contributed by atoms with Crippen molar-refractivity contribution in [2.24, 2.45) is 0 Å². The van der Waals surface area contributed by atoms with E-state index in [1.54, 1.807) is 0 Å². The molecule has 0 bridgehead atoms. The molecule has 1 saturated carbocycles. The molecule has 0 radical (unpaired) electrons. The Morgan fingerprint density at radius 3 is 2.57 bits per heavy atom. The molecule has 0 aromatic rings. The Bertz CT molecular complexity index is 403. The molecule has 2 amide bonds. The van der Waals surface area contributed by atoms with Crippen molar-refractivity contribution >= 4 is 12.0 Å². The molecule has 1 N–H and O–H groups in total. The van der Waals surface area contributed by atoms with Gasteiger partial charge in [-0.25, -0.2) is 4.79 Å². The number of aliphatic carboxylic acids is 1. The second kappa shape index (κ2) is 6.22. The van der Waals surface area contributed by atoms with Crippen LogP contribution in [0.1, 0.15) is 46.5 Å². The highest BCUT2D eigenvalue weighted by atomic mass is 16.5. The Balaban J connectivity index is 2.16. The van der Waals surface area contributed by atoms with Gasteiger partial charge in [0.05, 0.1) is 18.8 Å². The van der Waals surface area contributed by atoms with Crippen molar-refractivity contribution in [3.63, 3.8) is 0 Å². The highest BCUT2D eigenvalue weighted by Crippen LogP contribution is 2.30. The van der Waals surface area contributed by atoms with Gasteiger partial charge in [-0.15, -0.1) is 0 Å². The number of ether oxygens (including phenoxy) is 1. The fourth-order valence-corrected chi connectivity index (χ4v) is 3.22. The van der Waals surface area contributed by atoms with Crippen LogP contribution in [0.25, 0.3) is 0 Å². The van der Waals surface area contributed by atoms with Crippen LogP contribution < -0.4 is 0 Å². The van der Waals surface area contributed by atoms with Crippen molar-refractivity contribution in [1.82, 2.24) is 9.80 Å². The van der Waals surface area contributed by atoms with Crippen molar-refractivity contribution < 1.29 is 19.4 Å². The number of fused-ring (bicyclic) bond motifs is 1. The van der Waals surface area contributed by atoms with Gasteiger partial charge in [0.15, 0.2) is 0 Å². The summed E-state index contributed by atoms with van der Waals surface area (Å²) in [5, 5.41) is 9.09. The van der Waals surface area contributed by atoms with Gasteiger partial charge >= 0.3 is 12.0 Å². The molecule has 2 atom stereocenters. The number of hydrogen-bond acceptors (Lipinski definition) is 3. The topological polar surface area (TPSA) is 70.1 Å². The monoisotopic (exact) mass is 298 g/mol. The minimum Gasteiger partial charge on any atom is -0.480 e. The van der Waals surface area contributed by atoms with Gasteiger partial charge in [-0.2, -0.15) is 0 Å². The van der Waals surface area contributed by atoms with E-state index in [0.29, 0.717) is 13.2 Å². The van der Waals surface area contributed by atoms with Crippen molar-refractivity contribution in [1.29, 1.82) is 0 Å². The van der Waals surface area contributed by atoms with Gasteiger partial charge in [0, 0.05) is 12.1 Å². The molecule has 6 nitrogen and oxygen atoms in total. The second-order valence-corrected chi connectivity index (χ2v) is 6.89. The summed E-state index contributed by atoms with van der Waals surface area (Å²) in [6.45, 7) is 6.42. The second-order valence-electron chi connectivity index (χ2n) is 6.89. The summed E-state index contributed by atoms with van der Waals surface area (Å²) in [4.78, 5) is 27.2. The lowest BCUT2D eigenvalue weighted by Crippen LogP contribution is -2.61. The van der Waals surface area contributed by atoms with E-state index in [0.717, 1.165) is 25.7 Å². The molecule has 1 saturated heterocycles. The summed E-state index contributed by atoms with van der Waals surface area (Å²) < 4.78 is 5.78. The number of carbonyl (C=O) groups is 2. The largest absolute Gasteiger partial charge is 0.480 e. The number of nitrogens with zero attached hydrogens (tertiary/aromatic N) is 2. The molecule has 2 rings (SSSR count). The predicted octanol–water partition coefficient (Wildman–Crippen LogP) is 1.93. The van der Waals surface area contributed by atoms with Gasteiger partial charge in [-0.05, 0) is 33.6 Å². The van der Waals surface area contributed by atoms with Crippen LogP contribution in [0.4, 0.5) is 4.79 Å². The molecule has 120 valence electrons. The van der Waals surface area contributed by atoms with Gasteiger partial charge in [-0.1, -0.05) is 12.8 Å². The number of carbonyl (C=O) groups excluding carboxylic acids is 1. The minimum atomic E-state index is -0.980. The van der Waals surface area contributed by atoms with E-state index in [1.165, 1.54) is 4.90 Å². The number of morpholine rings is 1. The van der Waals surface area contributed by atoms with Crippen molar-refractivity contribution in [3.8, 4) is 0 Å². The Kier molecular flexibility index (Phi) is 4.76. The van der Waals surface area contributed by atoms with E-state index in [1.807, 2.05) is 25.7 Å². The summed E-state index contributed by atoms with van der Waals surface area (Å²) in [7, 11) is 0. The summed E-state index contributed by atoms with van der Waals surface area (Å²) >= 11 is 0. The molecule has 1 heterocycles. The number of urea groups is 1. The van der Waals surface area contributed by atoms with Crippen molar-refractivity contribution in [3.05, 3.63) is 0 Å². The molecule has 0 aromatic heterocycles. The Hall–Kier alpha value is -1.30. The molecule has 0 spiro atoms. The van der Waals surface area contributed by atoms with Crippen LogP contribution in [0.15, 0.2) is 0 Å². The highest BCUT2D eigenvalue weighted by molar-refractivity contribution is 5.81. The standard InChI is InChI=1S/C15H26N2O4/c1-15(2,3)17(10-13(18)19)14(20)16-8-9-21-12-7-5-4-6-11(12)16/h11-12H,4-10H2,1-3H3,(H,18,19). The van der Waals surface area contributed by atoms with E-state index in [4.69, 9.17) is 9.84 Å². The average Bonchev–Trinajstić information content (AvgIpc) is 2.42. The van der Waals surface area contributed by atoms with E-state index in [2.05, 4.69) is 0 Å². The third-order valence-electron chi connectivity index (χ3n) is 4.31. The molecule has 2 aliphatic rings. The first-order valence-electron chi connectivity index (χ1n) is 7.72. The predicted molar refractivity (Wildman–Crippen MR) is 78.2 cm³/mol. The van der Waals surface area contributed by atoms with Crippen molar-refractivity contribution in [2.45, 2.75) is 64.1 Å². The Labute approximate surface area is 126 Å². The zero-order chi connectivity index (χ0) is 15.6. The third kappa shape index (κ3) is 3.67. The molecule has 1 aliphatic heterocycles. The molecule has 0 aromatic carbocycles. The van der Waals surface area contributed by atoms with E-state index < -0.39 is 11.5 Å². The zero-order valence-electron chi connectivity index (χ0n) is 13.2. The number of carboxylic acids is 1. The maximum absolute atomic E-state index is 12.9. The van der Waals surface area contributed by atoms with Gasteiger partial charge in [0.1, 0.15) is 6.54 Å². The quantitative estimate of drug-likeness (QED) is 0.845. The number of rotatable bonds is 2. The van der Waals surface area contributed by atoms with Crippen LogP contribution >= 0.6 is 0 Å². The maximum Gasteiger partial charge on any atom is 0.323 e. The lowest BCUT2D eigenvalue weighted by Gasteiger charge is -2.47. The lowest BCUT2D eigenvalue weighted by atomic mass is 9.90. The van der Waals surface area contributed by atoms with Crippen LogP contribution in [0.2, 0.25) is 0 Å². The summed E-state index contributed by atoms with van der Waals surface area (Å²) in [5.74, 6) is -0.980. The van der Waals surface area contributed by atoms with Crippen LogP contribution in [-0.2, 0) is 9.53 Å². The minimum absolute atomic E-state index is 0.0960. The van der Waals surface area contributed by atoms with E-state index >= 15 is 0 Å². The third-order valence-corrected chi connectivity index (χ3v) is 4.31. The molecular weight excluding hydrogens is 272 g/mol. The molecular formula is C15H26N2O4. The molecule has 6 heteroatoms. The number of carboxylic acid groups (broad SMARTS) is 1. The first kappa shape index (κ1) is 16.1. The Morgan fingerprint density at radius 2 is 1.95 bits per heavy atom. The van der Waals surface area contributed by atoms with Gasteiger partial charge < -0.3 is 19.6 Å².